The zero-order chi connectivity index (χ0) is 22.6. The van der Waals surface area contributed by atoms with Crippen molar-refractivity contribution < 1.29 is 4.79 Å². The number of carbonyl (C=O) groups is 1. The Hall–Kier alpha value is -3.35. The summed E-state index contributed by atoms with van der Waals surface area (Å²) in [5, 5.41) is 0. The summed E-state index contributed by atoms with van der Waals surface area (Å²) < 4.78 is 0. The van der Waals surface area contributed by atoms with Gasteiger partial charge in [0.2, 0.25) is 0 Å². The van der Waals surface area contributed by atoms with E-state index in [9.17, 15) is 4.79 Å². The zero-order valence-corrected chi connectivity index (χ0v) is 19.2. The van der Waals surface area contributed by atoms with Gasteiger partial charge in [0, 0.05) is 55.4 Å². The Morgan fingerprint density at radius 3 is 2.64 bits per heavy atom. The van der Waals surface area contributed by atoms with Crippen LogP contribution in [0.3, 0.4) is 0 Å². The fourth-order valence-corrected chi connectivity index (χ4v) is 4.95. The normalized spacial score (nSPS) is 18.2. The lowest BCUT2D eigenvalue weighted by atomic mass is 9.99. The van der Waals surface area contributed by atoms with Crippen molar-refractivity contribution in [2.75, 3.05) is 24.5 Å². The first-order valence-corrected chi connectivity index (χ1v) is 11.9. The van der Waals surface area contributed by atoms with Crippen molar-refractivity contribution in [3.05, 3.63) is 77.3 Å². The van der Waals surface area contributed by atoms with Gasteiger partial charge in [-0.05, 0) is 63.3 Å². The van der Waals surface area contributed by atoms with Gasteiger partial charge in [0.15, 0.2) is 5.82 Å². The number of rotatable bonds is 5. The van der Waals surface area contributed by atoms with Crippen LogP contribution in [-0.4, -0.2) is 50.4 Å². The number of amides is 1. The van der Waals surface area contributed by atoms with Gasteiger partial charge in [-0.2, -0.15) is 0 Å². The number of hydrogen-bond acceptors (Lipinski definition) is 6. The van der Waals surface area contributed by atoms with E-state index in [-0.39, 0.29) is 11.9 Å². The van der Waals surface area contributed by atoms with E-state index >= 15 is 0 Å². The van der Waals surface area contributed by atoms with Crippen LogP contribution in [0.1, 0.15) is 65.0 Å². The Kier molecular flexibility index (Phi) is 6.28. The molecule has 33 heavy (non-hydrogen) atoms. The van der Waals surface area contributed by atoms with Crippen molar-refractivity contribution in [3.63, 3.8) is 0 Å². The second-order valence-corrected chi connectivity index (χ2v) is 8.86. The highest BCUT2D eigenvalue weighted by atomic mass is 16.2. The minimum Gasteiger partial charge on any atom is -0.356 e. The summed E-state index contributed by atoms with van der Waals surface area (Å²) in [4.78, 5) is 36.4. The first-order valence-electron chi connectivity index (χ1n) is 11.9. The van der Waals surface area contributed by atoms with E-state index < -0.39 is 0 Å². The maximum absolute atomic E-state index is 13.3. The van der Waals surface area contributed by atoms with Gasteiger partial charge >= 0.3 is 0 Å². The highest BCUT2D eigenvalue weighted by Gasteiger charge is 2.33. The van der Waals surface area contributed by atoms with E-state index in [2.05, 4.69) is 27.9 Å². The number of nitrogens with zero attached hydrogens (tertiary/aromatic N) is 6. The van der Waals surface area contributed by atoms with E-state index in [1.54, 1.807) is 12.3 Å². The fraction of sp³-hybridized carbons (Fsp3) is 0.423. The lowest BCUT2D eigenvalue weighted by molar-refractivity contribution is 0.0593. The summed E-state index contributed by atoms with van der Waals surface area (Å²) in [6.07, 6.45) is 9.45. The van der Waals surface area contributed by atoms with E-state index in [4.69, 9.17) is 9.97 Å². The highest BCUT2D eigenvalue weighted by molar-refractivity contribution is 5.92. The lowest BCUT2D eigenvalue weighted by Gasteiger charge is -2.36. The number of piperidine rings is 1. The quantitative estimate of drug-likeness (QED) is 0.596. The molecule has 7 nitrogen and oxygen atoms in total. The van der Waals surface area contributed by atoms with Crippen molar-refractivity contribution in [1.29, 1.82) is 0 Å². The summed E-state index contributed by atoms with van der Waals surface area (Å²) in [6, 6.07) is 11.4. The van der Waals surface area contributed by atoms with Crippen LogP contribution >= 0.6 is 0 Å². The summed E-state index contributed by atoms with van der Waals surface area (Å²) in [6.45, 7) is 4.65. The second-order valence-electron chi connectivity index (χ2n) is 8.86. The number of hydrogen-bond donors (Lipinski definition) is 0. The number of likely N-dealkylation sites (tertiary alicyclic amines) is 1. The van der Waals surface area contributed by atoms with Crippen molar-refractivity contribution in [3.8, 4) is 0 Å². The van der Waals surface area contributed by atoms with Crippen molar-refractivity contribution in [2.45, 2.75) is 51.5 Å². The molecule has 1 amide bonds. The van der Waals surface area contributed by atoms with Gasteiger partial charge in [0.05, 0.1) is 6.04 Å². The van der Waals surface area contributed by atoms with Crippen molar-refractivity contribution in [2.24, 2.45) is 0 Å². The molecule has 1 atom stereocenters. The molecule has 1 saturated heterocycles. The standard InChI is InChI=1S/C26H30N6O/c1-19-21-10-8-16-31(18-13-20-9-2-5-14-27-20)25(21)30-24(29-19)23-12-4-7-17-32(23)26(33)22-11-3-6-15-28-22/h2-3,5-6,9,11,14-15,23H,4,7-8,10,12-13,16-18H2,1H3/t23-/m1/s1. The van der Waals surface area contributed by atoms with E-state index in [1.807, 2.05) is 35.4 Å². The Balaban J connectivity index is 1.43. The second kappa shape index (κ2) is 9.65. The SMILES string of the molecule is Cc1nc([C@H]2CCCCN2C(=O)c2ccccn2)nc2c1CCCN2CCc1ccccn1. The van der Waals surface area contributed by atoms with E-state index in [0.717, 1.165) is 74.6 Å². The Bertz CT molecular complexity index is 1100. The molecule has 1 fully saturated rings. The number of aromatic nitrogens is 4. The van der Waals surface area contributed by atoms with Crippen LogP contribution in [0.25, 0.3) is 0 Å². The van der Waals surface area contributed by atoms with Crippen LogP contribution < -0.4 is 4.90 Å². The Morgan fingerprint density at radius 1 is 1.00 bits per heavy atom. The molecule has 3 aromatic heterocycles. The van der Waals surface area contributed by atoms with E-state index in [0.29, 0.717) is 12.2 Å². The minimum absolute atomic E-state index is 0.0359. The Labute approximate surface area is 194 Å². The number of fused-ring (bicyclic) bond motifs is 1. The average Bonchev–Trinajstić information content (AvgIpc) is 2.88. The van der Waals surface area contributed by atoms with E-state index in [1.165, 1.54) is 5.56 Å². The molecule has 0 unspecified atom stereocenters. The molecule has 7 heteroatoms. The van der Waals surface area contributed by atoms with Gasteiger partial charge in [-0.15, -0.1) is 0 Å². The molecule has 0 bridgehead atoms. The van der Waals surface area contributed by atoms with Gasteiger partial charge in [0.1, 0.15) is 11.5 Å². The first kappa shape index (κ1) is 21.5. The largest absolute Gasteiger partial charge is 0.356 e. The predicted octanol–water partition coefficient (Wildman–Crippen LogP) is 3.94. The Morgan fingerprint density at radius 2 is 1.85 bits per heavy atom. The number of anilines is 1. The maximum Gasteiger partial charge on any atom is 0.273 e. The van der Waals surface area contributed by atoms with Gasteiger partial charge in [0.25, 0.3) is 5.91 Å². The topological polar surface area (TPSA) is 75.1 Å². The molecule has 170 valence electrons. The first-order chi connectivity index (χ1) is 16.2. The summed E-state index contributed by atoms with van der Waals surface area (Å²) in [5.74, 6) is 1.77. The molecular weight excluding hydrogens is 412 g/mol. The number of aryl methyl sites for hydroxylation is 1. The highest BCUT2D eigenvalue weighted by Crippen LogP contribution is 2.34. The molecule has 0 radical (unpaired) electrons. The summed E-state index contributed by atoms with van der Waals surface area (Å²) in [5.41, 5.74) is 3.85. The molecular formula is C26H30N6O. The summed E-state index contributed by atoms with van der Waals surface area (Å²) in [7, 11) is 0. The van der Waals surface area contributed by atoms with Crippen molar-refractivity contribution in [1.82, 2.24) is 24.8 Å². The zero-order valence-electron chi connectivity index (χ0n) is 19.2. The molecule has 2 aliphatic rings. The van der Waals surface area contributed by atoms with Crippen LogP contribution in [-0.2, 0) is 12.8 Å². The van der Waals surface area contributed by atoms with Gasteiger partial charge in [-0.3, -0.25) is 14.8 Å². The molecule has 0 N–H and O–H groups in total. The fourth-order valence-electron chi connectivity index (χ4n) is 4.95. The molecule has 0 aliphatic carbocycles. The maximum atomic E-state index is 13.3. The summed E-state index contributed by atoms with van der Waals surface area (Å²) >= 11 is 0. The van der Waals surface area contributed by atoms with Crippen molar-refractivity contribution >= 4 is 11.7 Å². The third-order valence-corrected chi connectivity index (χ3v) is 6.67. The molecule has 2 aliphatic heterocycles. The molecule has 0 saturated carbocycles. The third-order valence-electron chi connectivity index (χ3n) is 6.67. The van der Waals surface area contributed by atoms with Gasteiger partial charge < -0.3 is 9.80 Å². The predicted molar refractivity (Wildman–Crippen MR) is 127 cm³/mol. The molecule has 5 rings (SSSR count). The van der Waals surface area contributed by atoms with Crippen LogP contribution in [0.5, 0.6) is 0 Å². The molecule has 0 aromatic carbocycles. The minimum atomic E-state index is -0.114. The van der Waals surface area contributed by atoms with Gasteiger partial charge in [-0.25, -0.2) is 9.97 Å². The van der Waals surface area contributed by atoms with Crippen LogP contribution in [0.15, 0.2) is 48.8 Å². The monoisotopic (exact) mass is 442 g/mol. The van der Waals surface area contributed by atoms with Crippen LogP contribution in [0, 0.1) is 6.92 Å². The van der Waals surface area contributed by atoms with Crippen LogP contribution in [0.2, 0.25) is 0 Å². The molecule has 3 aromatic rings. The smallest absolute Gasteiger partial charge is 0.273 e. The average molecular weight is 443 g/mol. The molecule has 5 heterocycles. The lowest BCUT2D eigenvalue weighted by Crippen LogP contribution is -2.40. The third kappa shape index (κ3) is 4.58. The number of pyridine rings is 2. The number of carbonyl (C=O) groups excluding carboxylic acids is 1. The van der Waals surface area contributed by atoms with Crippen LogP contribution in [0.4, 0.5) is 5.82 Å². The van der Waals surface area contributed by atoms with Gasteiger partial charge in [-0.1, -0.05) is 12.1 Å². The molecule has 0 spiro atoms.